The van der Waals surface area contributed by atoms with Crippen LogP contribution in [0, 0.1) is 6.92 Å². The molecule has 1 aliphatic rings. The smallest absolute Gasteiger partial charge is 0.243 e. The van der Waals surface area contributed by atoms with Gasteiger partial charge in [0.2, 0.25) is 15.9 Å². The van der Waals surface area contributed by atoms with E-state index >= 15 is 0 Å². The molecule has 0 spiro atoms. The third-order valence-electron chi connectivity index (χ3n) is 6.02. The Morgan fingerprint density at radius 3 is 2.14 bits per heavy atom. The summed E-state index contributed by atoms with van der Waals surface area (Å²) in [6.45, 7) is 3.98. The van der Waals surface area contributed by atoms with E-state index in [9.17, 15) is 13.2 Å². The average Bonchev–Trinajstić information content (AvgIpc) is 2.84. The van der Waals surface area contributed by atoms with Crippen LogP contribution in [0.25, 0.3) is 0 Å². The SMILES string of the molecule is Cc1ccc(S(=O)(=O)N(CC(=O)N2CCN(c3cccc(Cl)c3)CC2)Cc2cccc(Cl)c2)cc1. The van der Waals surface area contributed by atoms with Gasteiger partial charge < -0.3 is 9.80 Å². The minimum absolute atomic E-state index is 0.0466. The molecule has 1 aliphatic heterocycles. The highest BCUT2D eigenvalue weighted by atomic mass is 35.5. The van der Waals surface area contributed by atoms with Crippen LogP contribution in [0.3, 0.4) is 0 Å². The summed E-state index contributed by atoms with van der Waals surface area (Å²) in [4.78, 5) is 17.3. The Morgan fingerprint density at radius 1 is 0.886 bits per heavy atom. The second-order valence-corrected chi connectivity index (χ2v) is 11.4. The third kappa shape index (κ3) is 6.35. The van der Waals surface area contributed by atoms with Crippen molar-refractivity contribution in [1.82, 2.24) is 9.21 Å². The van der Waals surface area contributed by atoms with Gasteiger partial charge in [-0.25, -0.2) is 8.42 Å². The molecule has 4 rings (SSSR count). The fraction of sp³-hybridized carbons (Fsp3) is 0.269. The predicted molar refractivity (Wildman–Crippen MR) is 140 cm³/mol. The molecule has 0 saturated carbocycles. The molecule has 3 aromatic carbocycles. The normalized spacial score (nSPS) is 14.4. The highest BCUT2D eigenvalue weighted by Gasteiger charge is 2.30. The Labute approximate surface area is 216 Å². The van der Waals surface area contributed by atoms with Crippen molar-refractivity contribution in [1.29, 1.82) is 0 Å². The average molecular weight is 532 g/mol. The molecule has 0 aliphatic carbocycles. The van der Waals surface area contributed by atoms with E-state index in [0.717, 1.165) is 11.3 Å². The lowest BCUT2D eigenvalue weighted by atomic mass is 10.2. The number of hydrogen-bond donors (Lipinski definition) is 0. The number of piperazine rings is 1. The van der Waals surface area contributed by atoms with Crippen molar-refractivity contribution < 1.29 is 13.2 Å². The first kappa shape index (κ1) is 25.5. The van der Waals surface area contributed by atoms with Crippen molar-refractivity contribution in [2.45, 2.75) is 18.4 Å². The molecule has 0 unspecified atom stereocenters. The molecule has 1 heterocycles. The van der Waals surface area contributed by atoms with Crippen molar-refractivity contribution in [2.75, 3.05) is 37.6 Å². The summed E-state index contributed by atoms with van der Waals surface area (Å²) in [6, 6.07) is 21.3. The maximum atomic E-state index is 13.5. The summed E-state index contributed by atoms with van der Waals surface area (Å²) >= 11 is 12.2. The highest BCUT2D eigenvalue weighted by molar-refractivity contribution is 7.89. The van der Waals surface area contributed by atoms with Gasteiger partial charge in [-0.2, -0.15) is 4.31 Å². The highest BCUT2D eigenvalue weighted by Crippen LogP contribution is 2.23. The molecule has 6 nitrogen and oxygen atoms in total. The van der Waals surface area contributed by atoms with Crippen molar-refractivity contribution in [3.8, 4) is 0 Å². The van der Waals surface area contributed by atoms with Crippen molar-refractivity contribution in [3.63, 3.8) is 0 Å². The van der Waals surface area contributed by atoms with Crippen LogP contribution in [0.4, 0.5) is 5.69 Å². The molecular formula is C26H27Cl2N3O3S. The lowest BCUT2D eigenvalue weighted by molar-refractivity contribution is -0.131. The van der Waals surface area contributed by atoms with Crippen LogP contribution < -0.4 is 4.90 Å². The minimum atomic E-state index is -3.90. The Bertz CT molecular complexity index is 1290. The Kier molecular flexibility index (Phi) is 8.02. The largest absolute Gasteiger partial charge is 0.368 e. The zero-order valence-electron chi connectivity index (χ0n) is 19.4. The first-order valence-corrected chi connectivity index (χ1v) is 13.5. The molecule has 3 aromatic rings. The van der Waals surface area contributed by atoms with Crippen LogP contribution in [0.1, 0.15) is 11.1 Å². The number of carbonyl (C=O) groups excluding carboxylic acids is 1. The summed E-state index contributed by atoms with van der Waals surface area (Å²) in [7, 11) is -3.90. The number of rotatable bonds is 7. The van der Waals surface area contributed by atoms with Gasteiger partial charge >= 0.3 is 0 Å². The summed E-state index contributed by atoms with van der Waals surface area (Å²) in [5.74, 6) is -0.228. The molecule has 35 heavy (non-hydrogen) atoms. The fourth-order valence-corrected chi connectivity index (χ4v) is 5.84. The molecule has 9 heteroatoms. The van der Waals surface area contributed by atoms with Crippen LogP contribution in [-0.2, 0) is 21.4 Å². The molecule has 1 fully saturated rings. The zero-order chi connectivity index (χ0) is 25.0. The van der Waals surface area contributed by atoms with Crippen LogP contribution in [0.5, 0.6) is 0 Å². The van der Waals surface area contributed by atoms with Crippen LogP contribution in [0.15, 0.2) is 77.7 Å². The Balaban J connectivity index is 1.50. The first-order valence-electron chi connectivity index (χ1n) is 11.3. The number of anilines is 1. The quantitative estimate of drug-likeness (QED) is 0.437. The Hall–Kier alpha value is -2.58. The molecule has 1 saturated heterocycles. The summed E-state index contributed by atoms with van der Waals surface area (Å²) in [5, 5.41) is 1.18. The zero-order valence-corrected chi connectivity index (χ0v) is 21.7. The summed E-state index contributed by atoms with van der Waals surface area (Å²) in [6.07, 6.45) is 0. The van der Waals surface area contributed by atoms with Gasteiger partial charge in [-0.3, -0.25) is 4.79 Å². The van der Waals surface area contributed by atoms with E-state index in [0.29, 0.717) is 41.8 Å². The number of aryl methyl sites for hydroxylation is 1. The van der Waals surface area contributed by atoms with Gasteiger partial charge in [-0.15, -0.1) is 0 Å². The molecular weight excluding hydrogens is 505 g/mol. The second-order valence-electron chi connectivity index (χ2n) is 8.56. The fourth-order valence-electron chi connectivity index (χ4n) is 4.06. The van der Waals surface area contributed by atoms with Crippen molar-refractivity contribution in [2.24, 2.45) is 0 Å². The van der Waals surface area contributed by atoms with Crippen molar-refractivity contribution >= 4 is 44.8 Å². The van der Waals surface area contributed by atoms with Gasteiger partial charge in [0, 0.05) is 48.5 Å². The lowest BCUT2D eigenvalue weighted by Crippen LogP contribution is -2.51. The van der Waals surface area contributed by atoms with E-state index in [2.05, 4.69) is 4.90 Å². The third-order valence-corrected chi connectivity index (χ3v) is 8.30. The summed E-state index contributed by atoms with van der Waals surface area (Å²) in [5.41, 5.74) is 2.68. The molecule has 0 bridgehead atoms. The van der Waals surface area contributed by atoms with Crippen LogP contribution in [0.2, 0.25) is 10.0 Å². The maximum Gasteiger partial charge on any atom is 0.243 e. The number of benzene rings is 3. The molecule has 0 N–H and O–H groups in total. The lowest BCUT2D eigenvalue weighted by Gasteiger charge is -2.37. The van der Waals surface area contributed by atoms with Gasteiger partial charge in [0.05, 0.1) is 11.4 Å². The number of sulfonamides is 1. The van der Waals surface area contributed by atoms with Gasteiger partial charge in [0.1, 0.15) is 0 Å². The number of nitrogens with zero attached hydrogens (tertiary/aromatic N) is 3. The van der Waals surface area contributed by atoms with E-state index in [4.69, 9.17) is 23.2 Å². The molecule has 0 radical (unpaired) electrons. The van der Waals surface area contributed by atoms with E-state index in [1.54, 1.807) is 53.4 Å². The topological polar surface area (TPSA) is 60.9 Å². The number of amides is 1. The monoisotopic (exact) mass is 531 g/mol. The molecule has 0 atom stereocenters. The van der Waals surface area contributed by atoms with E-state index in [1.165, 1.54) is 4.31 Å². The van der Waals surface area contributed by atoms with Crippen LogP contribution in [-0.4, -0.2) is 56.3 Å². The van der Waals surface area contributed by atoms with Crippen LogP contribution >= 0.6 is 23.2 Å². The van der Waals surface area contributed by atoms with E-state index in [-0.39, 0.29) is 23.9 Å². The second kappa shape index (κ2) is 11.0. The number of halogens is 2. The maximum absolute atomic E-state index is 13.5. The van der Waals surface area contributed by atoms with E-state index in [1.807, 2.05) is 31.2 Å². The van der Waals surface area contributed by atoms with Gasteiger partial charge in [-0.1, -0.05) is 59.1 Å². The number of carbonyl (C=O) groups is 1. The van der Waals surface area contributed by atoms with Crippen molar-refractivity contribution in [3.05, 3.63) is 94.0 Å². The Morgan fingerprint density at radius 2 is 1.51 bits per heavy atom. The molecule has 184 valence electrons. The number of hydrogen-bond acceptors (Lipinski definition) is 4. The summed E-state index contributed by atoms with van der Waals surface area (Å²) < 4.78 is 28.3. The molecule has 1 amide bonds. The van der Waals surface area contributed by atoms with Gasteiger partial charge in [0.15, 0.2) is 0 Å². The predicted octanol–water partition coefficient (Wildman–Crippen LogP) is 4.84. The van der Waals surface area contributed by atoms with Gasteiger partial charge in [0.25, 0.3) is 0 Å². The standard InChI is InChI=1S/C26H27Cl2N3O3S/c1-20-8-10-25(11-9-20)35(33,34)31(18-21-4-2-5-22(27)16-21)19-26(32)30-14-12-29(13-15-30)24-7-3-6-23(28)17-24/h2-11,16-17H,12-15,18-19H2,1H3. The van der Waals surface area contributed by atoms with Gasteiger partial charge in [-0.05, 0) is 55.0 Å². The van der Waals surface area contributed by atoms with E-state index < -0.39 is 10.0 Å². The minimum Gasteiger partial charge on any atom is -0.368 e. The first-order chi connectivity index (χ1) is 16.7. The molecule has 0 aromatic heterocycles.